The number of rotatable bonds is 6. The smallest absolute Gasteiger partial charge is 0.00671 e. The Morgan fingerprint density at radius 3 is 2.28 bits per heavy atom. The normalized spacial score (nSPS) is 16.6. The highest BCUT2D eigenvalue weighted by atomic mass is 14.9. The van der Waals surface area contributed by atoms with E-state index in [1.165, 1.54) is 49.7 Å². The molecular weight excluding hydrogens is 218 g/mol. The summed E-state index contributed by atoms with van der Waals surface area (Å²) in [6.45, 7) is 5.69. The lowest BCUT2D eigenvalue weighted by Gasteiger charge is -2.12. The van der Waals surface area contributed by atoms with Gasteiger partial charge in [0, 0.05) is 6.04 Å². The Kier molecular flexibility index (Phi) is 5.25. The largest absolute Gasteiger partial charge is 0.314 e. The molecule has 0 aromatic heterocycles. The first kappa shape index (κ1) is 13.6. The molecule has 0 amide bonds. The van der Waals surface area contributed by atoms with Crippen LogP contribution in [0.1, 0.15) is 50.7 Å². The van der Waals surface area contributed by atoms with Gasteiger partial charge < -0.3 is 5.32 Å². The molecule has 2 rings (SSSR count). The minimum absolute atomic E-state index is 0.750. The van der Waals surface area contributed by atoms with E-state index in [4.69, 9.17) is 0 Å². The van der Waals surface area contributed by atoms with Crippen LogP contribution >= 0.6 is 0 Å². The predicted molar refractivity (Wildman–Crippen MR) is 78.9 cm³/mol. The molecular formula is C17H27N. The maximum atomic E-state index is 3.68. The fourth-order valence-electron chi connectivity index (χ4n) is 2.86. The van der Waals surface area contributed by atoms with Crippen molar-refractivity contribution in [3.63, 3.8) is 0 Å². The van der Waals surface area contributed by atoms with E-state index in [2.05, 4.69) is 43.4 Å². The first-order valence-corrected chi connectivity index (χ1v) is 7.55. The van der Waals surface area contributed by atoms with E-state index >= 15 is 0 Å². The Morgan fingerprint density at radius 1 is 1.06 bits per heavy atom. The molecule has 0 unspecified atom stereocenters. The van der Waals surface area contributed by atoms with Crippen molar-refractivity contribution in [2.45, 2.75) is 58.4 Å². The van der Waals surface area contributed by atoms with Crippen LogP contribution in [0.4, 0.5) is 0 Å². The predicted octanol–water partition coefficient (Wildman–Crippen LogP) is 3.96. The van der Waals surface area contributed by atoms with E-state index in [1.807, 2.05) is 0 Å². The molecule has 18 heavy (non-hydrogen) atoms. The maximum absolute atomic E-state index is 3.68. The molecule has 0 spiro atoms. The second-order valence-corrected chi connectivity index (χ2v) is 6.10. The van der Waals surface area contributed by atoms with Gasteiger partial charge in [-0.25, -0.2) is 0 Å². The minimum atomic E-state index is 0.750. The van der Waals surface area contributed by atoms with Crippen molar-refractivity contribution >= 4 is 0 Å². The SMILES string of the molecule is CC(C)Cc1ccc(CCNC2CCCC2)cc1. The molecule has 1 heteroatoms. The van der Waals surface area contributed by atoms with Crippen molar-refractivity contribution in [1.82, 2.24) is 5.32 Å². The van der Waals surface area contributed by atoms with Crippen molar-refractivity contribution in [3.05, 3.63) is 35.4 Å². The molecule has 0 aliphatic heterocycles. The van der Waals surface area contributed by atoms with E-state index in [-0.39, 0.29) is 0 Å². The zero-order chi connectivity index (χ0) is 12.8. The van der Waals surface area contributed by atoms with Gasteiger partial charge in [0.05, 0.1) is 0 Å². The van der Waals surface area contributed by atoms with Crippen molar-refractivity contribution in [3.8, 4) is 0 Å². The number of benzene rings is 1. The van der Waals surface area contributed by atoms with Crippen molar-refractivity contribution < 1.29 is 0 Å². The summed E-state index contributed by atoms with van der Waals surface area (Å²) in [5.74, 6) is 0.750. The van der Waals surface area contributed by atoms with Crippen molar-refractivity contribution in [2.75, 3.05) is 6.54 Å². The summed E-state index contributed by atoms with van der Waals surface area (Å²) < 4.78 is 0. The molecule has 100 valence electrons. The van der Waals surface area contributed by atoms with Gasteiger partial charge in [0.2, 0.25) is 0 Å². The van der Waals surface area contributed by atoms with Crippen LogP contribution in [0, 0.1) is 5.92 Å². The highest BCUT2D eigenvalue weighted by Crippen LogP contribution is 2.17. The maximum Gasteiger partial charge on any atom is 0.00671 e. The van der Waals surface area contributed by atoms with Gasteiger partial charge in [-0.3, -0.25) is 0 Å². The van der Waals surface area contributed by atoms with Gasteiger partial charge >= 0.3 is 0 Å². The lowest BCUT2D eigenvalue weighted by atomic mass is 10.0. The van der Waals surface area contributed by atoms with Crippen LogP contribution in [-0.4, -0.2) is 12.6 Å². The quantitative estimate of drug-likeness (QED) is 0.800. The van der Waals surface area contributed by atoms with E-state index in [9.17, 15) is 0 Å². The molecule has 1 aromatic carbocycles. The Morgan fingerprint density at radius 2 is 1.67 bits per heavy atom. The lowest BCUT2D eigenvalue weighted by molar-refractivity contribution is 0.528. The van der Waals surface area contributed by atoms with Gasteiger partial charge in [0.25, 0.3) is 0 Å². The van der Waals surface area contributed by atoms with Gasteiger partial charge in [0.1, 0.15) is 0 Å². The molecule has 0 atom stereocenters. The summed E-state index contributed by atoms with van der Waals surface area (Å²) in [5, 5.41) is 3.68. The topological polar surface area (TPSA) is 12.0 Å². The standard InChI is InChI=1S/C17H27N/c1-14(2)13-16-9-7-15(8-10-16)11-12-18-17-5-3-4-6-17/h7-10,14,17-18H,3-6,11-13H2,1-2H3. The van der Waals surface area contributed by atoms with Crippen LogP contribution in [-0.2, 0) is 12.8 Å². The zero-order valence-corrected chi connectivity index (χ0v) is 11.9. The van der Waals surface area contributed by atoms with Crippen LogP contribution in [0.5, 0.6) is 0 Å². The molecule has 1 fully saturated rings. The van der Waals surface area contributed by atoms with E-state index in [1.54, 1.807) is 0 Å². The first-order chi connectivity index (χ1) is 8.74. The molecule has 0 saturated heterocycles. The molecule has 1 saturated carbocycles. The molecule has 1 aliphatic carbocycles. The van der Waals surface area contributed by atoms with Gasteiger partial charge in [-0.2, -0.15) is 0 Å². The molecule has 1 aromatic rings. The number of hydrogen-bond acceptors (Lipinski definition) is 1. The van der Waals surface area contributed by atoms with Gasteiger partial charge in [-0.15, -0.1) is 0 Å². The molecule has 0 heterocycles. The summed E-state index contributed by atoms with van der Waals surface area (Å²) in [4.78, 5) is 0. The van der Waals surface area contributed by atoms with Crippen molar-refractivity contribution in [1.29, 1.82) is 0 Å². The highest BCUT2D eigenvalue weighted by Gasteiger charge is 2.13. The molecule has 0 bridgehead atoms. The molecule has 1 aliphatic rings. The van der Waals surface area contributed by atoms with Crippen LogP contribution in [0.25, 0.3) is 0 Å². The zero-order valence-electron chi connectivity index (χ0n) is 11.9. The Labute approximate surface area is 112 Å². The average Bonchev–Trinajstić information content (AvgIpc) is 2.84. The van der Waals surface area contributed by atoms with Crippen LogP contribution in [0.3, 0.4) is 0 Å². The third-order valence-electron chi connectivity index (χ3n) is 3.87. The number of hydrogen-bond donors (Lipinski definition) is 1. The van der Waals surface area contributed by atoms with E-state index in [0.717, 1.165) is 18.5 Å². The second kappa shape index (κ2) is 6.94. The highest BCUT2D eigenvalue weighted by molar-refractivity contribution is 5.23. The Balaban J connectivity index is 1.72. The molecule has 1 nitrogen and oxygen atoms in total. The monoisotopic (exact) mass is 245 g/mol. The third-order valence-corrected chi connectivity index (χ3v) is 3.87. The third kappa shape index (κ3) is 4.45. The Bertz CT molecular complexity index is 333. The van der Waals surface area contributed by atoms with E-state index in [0.29, 0.717) is 0 Å². The minimum Gasteiger partial charge on any atom is -0.314 e. The van der Waals surface area contributed by atoms with Crippen LogP contribution < -0.4 is 5.32 Å². The fraction of sp³-hybridized carbons (Fsp3) is 0.647. The van der Waals surface area contributed by atoms with Crippen LogP contribution in [0.2, 0.25) is 0 Å². The summed E-state index contributed by atoms with van der Waals surface area (Å²) in [7, 11) is 0. The lowest BCUT2D eigenvalue weighted by Crippen LogP contribution is -2.27. The van der Waals surface area contributed by atoms with Gasteiger partial charge in [-0.05, 0) is 49.3 Å². The summed E-state index contributed by atoms with van der Waals surface area (Å²) >= 11 is 0. The summed E-state index contributed by atoms with van der Waals surface area (Å²) in [6, 6.07) is 9.99. The molecule has 0 radical (unpaired) electrons. The molecule has 1 N–H and O–H groups in total. The summed E-state index contributed by atoms with van der Waals surface area (Å²) in [6.07, 6.45) is 7.96. The Hall–Kier alpha value is -0.820. The summed E-state index contributed by atoms with van der Waals surface area (Å²) in [5.41, 5.74) is 2.94. The second-order valence-electron chi connectivity index (χ2n) is 6.10. The number of nitrogens with one attached hydrogen (secondary N) is 1. The first-order valence-electron chi connectivity index (χ1n) is 7.55. The van der Waals surface area contributed by atoms with Crippen molar-refractivity contribution in [2.24, 2.45) is 5.92 Å². The fourth-order valence-corrected chi connectivity index (χ4v) is 2.86. The van der Waals surface area contributed by atoms with Crippen LogP contribution in [0.15, 0.2) is 24.3 Å². The average molecular weight is 245 g/mol. The van der Waals surface area contributed by atoms with Gasteiger partial charge in [0.15, 0.2) is 0 Å². The van der Waals surface area contributed by atoms with Gasteiger partial charge in [-0.1, -0.05) is 51.0 Å². The van der Waals surface area contributed by atoms with E-state index < -0.39 is 0 Å².